The van der Waals surface area contributed by atoms with Gasteiger partial charge < -0.3 is 15.8 Å². The van der Waals surface area contributed by atoms with Crippen molar-refractivity contribution >= 4 is 11.5 Å². The van der Waals surface area contributed by atoms with Crippen LogP contribution in [0.5, 0.6) is 5.88 Å². The van der Waals surface area contributed by atoms with Gasteiger partial charge in [0.15, 0.2) is 5.82 Å². The fourth-order valence-corrected chi connectivity index (χ4v) is 1.94. The molecule has 1 heterocycles. The Morgan fingerprint density at radius 2 is 2.25 bits per heavy atom. The summed E-state index contributed by atoms with van der Waals surface area (Å²) in [4.78, 5) is 8.06. The minimum atomic E-state index is 0.393. The first-order valence-electron chi connectivity index (χ1n) is 5.53. The summed E-state index contributed by atoms with van der Waals surface area (Å²) in [6.07, 6.45) is 5.31. The molecular formula is C11H18N4O. The summed E-state index contributed by atoms with van der Waals surface area (Å²) in [7, 11) is 1.55. The predicted molar refractivity (Wildman–Crippen MR) is 63.4 cm³/mol. The highest BCUT2D eigenvalue weighted by Gasteiger charge is 2.31. The molecule has 0 aromatic carbocycles. The molecular weight excluding hydrogens is 204 g/mol. The second kappa shape index (κ2) is 4.15. The number of hydrogen-bond acceptors (Lipinski definition) is 5. The molecule has 1 aromatic rings. The Hall–Kier alpha value is -1.52. The molecule has 2 rings (SSSR count). The van der Waals surface area contributed by atoms with E-state index in [0.717, 1.165) is 6.54 Å². The highest BCUT2D eigenvalue weighted by atomic mass is 16.5. The summed E-state index contributed by atoms with van der Waals surface area (Å²) >= 11 is 0. The van der Waals surface area contributed by atoms with Crippen molar-refractivity contribution in [2.45, 2.75) is 26.2 Å². The van der Waals surface area contributed by atoms with Crippen LogP contribution in [0, 0.1) is 5.41 Å². The standard InChI is InChI=1S/C11H18N4O/c1-11(4-3-5-11)6-13-9-8(12)10(16-2)15-7-14-9/h7H,3-6,12H2,1-2H3,(H,13,14,15). The van der Waals surface area contributed by atoms with Crippen LogP contribution >= 0.6 is 0 Å². The van der Waals surface area contributed by atoms with E-state index in [2.05, 4.69) is 22.2 Å². The second-order valence-electron chi connectivity index (χ2n) is 4.66. The van der Waals surface area contributed by atoms with Crippen molar-refractivity contribution in [3.8, 4) is 5.88 Å². The molecule has 0 aliphatic heterocycles. The lowest BCUT2D eigenvalue weighted by atomic mass is 9.70. The van der Waals surface area contributed by atoms with Crippen LogP contribution < -0.4 is 15.8 Å². The van der Waals surface area contributed by atoms with E-state index >= 15 is 0 Å². The SMILES string of the molecule is COc1ncnc(NCC2(C)CCC2)c1N. The Labute approximate surface area is 95.4 Å². The third kappa shape index (κ3) is 2.03. The van der Waals surface area contributed by atoms with Gasteiger partial charge in [0, 0.05) is 6.54 Å². The number of aromatic nitrogens is 2. The molecule has 5 heteroatoms. The number of nitrogens with two attached hydrogens (primary N) is 1. The van der Waals surface area contributed by atoms with Crippen LogP contribution in [0.3, 0.4) is 0 Å². The van der Waals surface area contributed by atoms with Gasteiger partial charge in [-0.15, -0.1) is 0 Å². The molecule has 1 saturated carbocycles. The molecule has 0 atom stereocenters. The lowest BCUT2D eigenvalue weighted by Gasteiger charge is -2.38. The van der Waals surface area contributed by atoms with Gasteiger partial charge in [0.05, 0.1) is 7.11 Å². The average Bonchev–Trinajstić information content (AvgIpc) is 2.25. The van der Waals surface area contributed by atoms with Crippen molar-refractivity contribution in [3.63, 3.8) is 0 Å². The quantitative estimate of drug-likeness (QED) is 0.810. The van der Waals surface area contributed by atoms with E-state index in [0.29, 0.717) is 22.8 Å². The third-order valence-corrected chi connectivity index (χ3v) is 3.28. The lowest BCUT2D eigenvalue weighted by molar-refractivity contribution is 0.180. The molecule has 5 nitrogen and oxygen atoms in total. The number of nitrogens with zero attached hydrogens (tertiary/aromatic N) is 2. The Balaban J connectivity index is 2.03. The summed E-state index contributed by atoms with van der Waals surface area (Å²) in [5, 5.41) is 3.27. The normalized spacial score (nSPS) is 17.6. The van der Waals surface area contributed by atoms with Gasteiger partial charge >= 0.3 is 0 Å². The smallest absolute Gasteiger partial charge is 0.242 e. The molecule has 0 unspecified atom stereocenters. The fraction of sp³-hybridized carbons (Fsp3) is 0.636. The van der Waals surface area contributed by atoms with Gasteiger partial charge in [0.2, 0.25) is 5.88 Å². The molecule has 0 saturated heterocycles. The topological polar surface area (TPSA) is 73.1 Å². The minimum Gasteiger partial charge on any atom is -0.479 e. The Morgan fingerprint density at radius 1 is 1.50 bits per heavy atom. The molecule has 1 aromatic heterocycles. The first-order valence-corrected chi connectivity index (χ1v) is 5.53. The molecule has 0 spiro atoms. The first-order chi connectivity index (χ1) is 7.64. The summed E-state index contributed by atoms with van der Waals surface area (Å²) in [5.74, 6) is 1.09. The zero-order valence-corrected chi connectivity index (χ0v) is 9.79. The maximum absolute atomic E-state index is 5.87. The molecule has 1 aliphatic rings. The molecule has 1 fully saturated rings. The summed E-state index contributed by atoms with van der Waals surface area (Å²) in [6.45, 7) is 3.18. The van der Waals surface area contributed by atoms with E-state index in [-0.39, 0.29) is 0 Å². The van der Waals surface area contributed by atoms with Crippen molar-refractivity contribution in [2.24, 2.45) is 5.41 Å². The van der Waals surface area contributed by atoms with Crippen molar-refractivity contribution in [1.82, 2.24) is 9.97 Å². The van der Waals surface area contributed by atoms with Gasteiger partial charge in [0.1, 0.15) is 12.0 Å². The van der Waals surface area contributed by atoms with Crippen molar-refractivity contribution in [3.05, 3.63) is 6.33 Å². The minimum absolute atomic E-state index is 0.393. The van der Waals surface area contributed by atoms with Gasteiger partial charge in [-0.1, -0.05) is 13.3 Å². The van der Waals surface area contributed by atoms with E-state index in [1.165, 1.54) is 25.6 Å². The van der Waals surface area contributed by atoms with Gasteiger partial charge in [-0.2, -0.15) is 4.98 Å². The monoisotopic (exact) mass is 222 g/mol. The number of anilines is 2. The maximum Gasteiger partial charge on any atom is 0.242 e. The third-order valence-electron chi connectivity index (χ3n) is 3.28. The van der Waals surface area contributed by atoms with Gasteiger partial charge in [0.25, 0.3) is 0 Å². The molecule has 0 radical (unpaired) electrons. The van der Waals surface area contributed by atoms with Gasteiger partial charge in [-0.25, -0.2) is 4.98 Å². The fourth-order valence-electron chi connectivity index (χ4n) is 1.94. The highest BCUT2D eigenvalue weighted by Crippen LogP contribution is 2.40. The van der Waals surface area contributed by atoms with Crippen LogP contribution in [0.1, 0.15) is 26.2 Å². The van der Waals surface area contributed by atoms with Crippen molar-refractivity contribution in [1.29, 1.82) is 0 Å². The van der Waals surface area contributed by atoms with E-state index < -0.39 is 0 Å². The van der Waals surface area contributed by atoms with Crippen molar-refractivity contribution in [2.75, 3.05) is 24.7 Å². The Bertz CT molecular complexity index is 376. The maximum atomic E-state index is 5.87. The number of hydrogen-bond donors (Lipinski definition) is 2. The first kappa shape index (κ1) is 11.0. The second-order valence-corrected chi connectivity index (χ2v) is 4.66. The number of rotatable bonds is 4. The molecule has 0 bridgehead atoms. The number of methoxy groups -OCH3 is 1. The summed E-state index contributed by atoms with van der Waals surface area (Å²) in [6, 6.07) is 0. The van der Waals surface area contributed by atoms with Gasteiger partial charge in [-0.3, -0.25) is 0 Å². The van der Waals surface area contributed by atoms with Crippen LogP contribution in [0.4, 0.5) is 11.5 Å². The van der Waals surface area contributed by atoms with E-state index in [1.807, 2.05) is 0 Å². The Morgan fingerprint density at radius 3 is 2.81 bits per heavy atom. The molecule has 3 N–H and O–H groups in total. The molecule has 0 amide bonds. The zero-order valence-electron chi connectivity index (χ0n) is 9.79. The molecule has 1 aliphatic carbocycles. The largest absolute Gasteiger partial charge is 0.479 e. The van der Waals surface area contributed by atoms with Crippen LogP contribution in [0.15, 0.2) is 6.33 Å². The highest BCUT2D eigenvalue weighted by molar-refractivity contribution is 5.66. The lowest BCUT2D eigenvalue weighted by Crippen LogP contribution is -2.33. The van der Waals surface area contributed by atoms with Crippen LogP contribution in [-0.2, 0) is 0 Å². The Kier molecular flexibility index (Phi) is 2.85. The van der Waals surface area contributed by atoms with E-state index in [9.17, 15) is 0 Å². The summed E-state index contributed by atoms with van der Waals surface area (Å²) < 4.78 is 5.04. The van der Waals surface area contributed by atoms with E-state index in [4.69, 9.17) is 10.5 Å². The van der Waals surface area contributed by atoms with Crippen LogP contribution in [0.25, 0.3) is 0 Å². The average molecular weight is 222 g/mol. The van der Waals surface area contributed by atoms with Crippen molar-refractivity contribution < 1.29 is 4.74 Å². The van der Waals surface area contributed by atoms with Crippen LogP contribution in [0.2, 0.25) is 0 Å². The summed E-state index contributed by atoms with van der Waals surface area (Å²) in [5.41, 5.74) is 6.74. The number of nitrogen functional groups attached to an aromatic ring is 1. The molecule has 16 heavy (non-hydrogen) atoms. The predicted octanol–water partition coefficient (Wildman–Crippen LogP) is 1.67. The van der Waals surface area contributed by atoms with E-state index in [1.54, 1.807) is 7.11 Å². The van der Waals surface area contributed by atoms with Gasteiger partial charge in [-0.05, 0) is 18.3 Å². The number of nitrogens with one attached hydrogen (secondary N) is 1. The zero-order chi connectivity index (χ0) is 11.6. The van der Waals surface area contributed by atoms with Crippen LogP contribution in [-0.4, -0.2) is 23.6 Å². The number of ether oxygens (including phenoxy) is 1. The molecule has 88 valence electrons.